The van der Waals surface area contributed by atoms with E-state index in [4.69, 9.17) is 14.0 Å². The Balaban J connectivity index is 1.65. The van der Waals surface area contributed by atoms with Gasteiger partial charge in [-0.05, 0) is 50.2 Å². The Kier molecular flexibility index (Phi) is 5.84. The average Bonchev–Trinajstić information content (AvgIpc) is 3.02. The fraction of sp³-hybridized carbons (Fsp3) is 0.190. The van der Waals surface area contributed by atoms with E-state index < -0.39 is 24.2 Å². The average molecular weight is 383 g/mol. The van der Waals surface area contributed by atoms with Crippen molar-refractivity contribution in [3.8, 4) is 5.75 Å². The molecule has 28 heavy (non-hydrogen) atoms. The van der Waals surface area contributed by atoms with Gasteiger partial charge in [-0.25, -0.2) is 9.18 Å². The van der Waals surface area contributed by atoms with E-state index in [1.807, 2.05) is 0 Å². The lowest BCUT2D eigenvalue weighted by Gasteiger charge is -2.11. The van der Waals surface area contributed by atoms with Gasteiger partial charge in [-0.2, -0.15) is 0 Å². The molecule has 0 fully saturated rings. The molecule has 6 nitrogen and oxygen atoms in total. The second kappa shape index (κ2) is 8.47. The lowest BCUT2D eigenvalue weighted by atomic mass is 10.1. The van der Waals surface area contributed by atoms with Gasteiger partial charge < -0.3 is 14.0 Å². The zero-order chi connectivity index (χ0) is 20.1. The van der Waals surface area contributed by atoms with E-state index in [1.54, 1.807) is 38.1 Å². The van der Waals surface area contributed by atoms with Crippen LogP contribution >= 0.6 is 0 Å². The number of hydrogen-bond acceptors (Lipinski definition) is 6. The molecule has 0 aliphatic rings. The van der Waals surface area contributed by atoms with Crippen molar-refractivity contribution in [3.05, 3.63) is 82.5 Å². The number of rotatable bonds is 7. The molecule has 2 aromatic carbocycles. The predicted molar refractivity (Wildman–Crippen MR) is 97.8 cm³/mol. The first-order chi connectivity index (χ1) is 13.5. The highest BCUT2D eigenvalue weighted by atomic mass is 19.1. The number of ether oxygens (including phenoxy) is 2. The van der Waals surface area contributed by atoms with Gasteiger partial charge in [0, 0.05) is 5.56 Å². The van der Waals surface area contributed by atoms with Crippen LogP contribution in [-0.4, -0.2) is 23.5 Å². The van der Waals surface area contributed by atoms with Crippen LogP contribution < -0.4 is 4.74 Å². The van der Waals surface area contributed by atoms with E-state index in [2.05, 4.69) is 5.16 Å². The Morgan fingerprint density at radius 3 is 2.46 bits per heavy atom. The van der Waals surface area contributed by atoms with Crippen molar-refractivity contribution in [1.82, 2.24) is 5.16 Å². The zero-order valence-corrected chi connectivity index (χ0v) is 15.4. The summed E-state index contributed by atoms with van der Waals surface area (Å²) in [5.74, 6) is -0.602. The van der Waals surface area contributed by atoms with Crippen LogP contribution in [-0.2, 0) is 11.3 Å². The Labute approximate surface area is 160 Å². The molecule has 0 atom stereocenters. The number of ketones is 1. The summed E-state index contributed by atoms with van der Waals surface area (Å²) in [6, 6.07) is 11.6. The Morgan fingerprint density at radius 1 is 1.07 bits per heavy atom. The molecule has 0 spiro atoms. The normalized spacial score (nSPS) is 10.5. The van der Waals surface area contributed by atoms with E-state index in [0.29, 0.717) is 17.2 Å². The molecule has 0 unspecified atom stereocenters. The second-order valence-corrected chi connectivity index (χ2v) is 6.09. The van der Waals surface area contributed by atoms with Crippen LogP contribution in [0.1, 0.15) is 37.7 Å². The van der Waals surface area contributed by atoms with Crippen LogP contribution in [0.25, 0.3) is 0 Å². The molecule has 1 aromatic heterocycles. The number of halogens is 1. The third-order valence-corrected chi connectivity index (χ3v) is 4.16. The van der Waals surface area contributed by atoms with Crippen LogP contribution in [0.5, 0.6) is 5.75 Å². The maximum atomic E-state index is 12.9. The van der Waals surface area contributed by atoms with Crippen LogP contribution in [0, 0.1) is 19.7 Å². The molecule has 0 N–H and O–H groups in total. The van der Waals surface area contributed by atoms with Crippen molar-refractivity contribution in [2.24, 2.45) is 0 Å². The van der Waals surface area contributed by atoms with Crippen molar-refractivity contribution < 1.29 is 28.0 Å². The van der Waals surface area contributed by atoms with E-state index in [1.165, 1.54) is 24.3 Å². The minimum absolute atomic E-state index is 0.181. The molecular weight excluding hydrogens is 365 g/mol. The second-order valence-electron chi connectivity index (χ2n) is 6.09. The van der Waals surface area contributed by atoms with Crippen molar-refractivity contribution in [3.63, 3.8) is 0 Å². The van der Waals surface area contributed by atoms with E-state index >= 15 is 0 Å². The summed E-state index contributed by atoms with van der Waals surface area (Å²) in [5.41, 5.74) is 1.97. The molecule has 144 valence electrons. The fourth-order valence-electron chi connectivity index (χ4n) is 2.55. The monoisotopic (exact) mass is 383 g/mol. The lowest BCUT2D eigenvalue weighted by molar-refractivity contribution is 0.0470. The Bertz CT molecular complexity index is 975. The summed E-state index contributed by atoms with van der Waals surface area (Å²) in [4.78, 5) is 24.5. The summed E-state index contributed by atoms with van der Waals surface area (Å²) in [5, 5.41) is 3.86. The van der Waals surface area contributed by atoms with Crippen LogP contribution in [0.15, 0.2) is 53.1 Å². The Morgan fingerprint density at radius 2 is 1.79 bits per heavy atom. The van der Waals surface area contributed by atoms with Crippen molar-refractivity contribution in [2.45, 2.75) is 20.5 Å². The maximum Gasteiger partial charge on any atom is 0.342 e. The SMILES string of the molecule is Cc1noc(C)c1COc1ccccc1C(=O)OCC(=O)c1ccc(F)cc1. The van der Waals surface area contributed by atoms with Crippen LogP contribution in [0.4, 0.5) is 4.39 Å². The molecule has 1 heterocycles. The van der Waals surface area contributed by atoms with E-state index in [9.17, 15) is 14.0 Å². The molecule has 0 aliphatic carbocycles. The predicted octanol–water partition coefficient (Wildman–Crippen LogP) is 4.05. The minimum Gasteiger partial charge on any atom is -0.488 e. The lowest BCUT2D eigenvalue weighted by Crippen LogP contribution is -2.15. The fourth-order valence-corrected chi connectivity index (χ4v) is 2.55. The molecular formula is C21H18FNO5. The first-order valence-electron chi connectivity index (χ1n) is 8.55. The summed E-state index contributed by atoms with van der Waals surface area (Å²) < 4.78 is 28.9. The molecule has 7 heteroatoms. The number of carbonyl (C=O) groups excluding carboxylic acids is 2. The highest BCUT2D eigenvalue weighted by Gasteiger charge is 2.17. The van der Waals surface area contributed by atoms with E-state index in [0.717, 1.165) is 5.56 Å². The van der Waals surface area contributed by atoms with Crippen molar-refractivity contribution in [2.75, 3.05) is 6.61 Å². The number of aromatic nitrogens is 1. The highest BCUT2D eigenvalue weighted by Crippen LogP contribution is 2.22. The number of para-hydroxylation sites is 1. The molecule has 3 rings (SSSR count). The molecule has 3 aromatic rings. The van der Waals surface area contributed by atoms with Gasteiger partial charge in [0.2, 0.25) is 0 Å². The smallest absolute Gasteiger partial charge is 0.342 e. The number of Topliss-reactive ketones (excluding diaryl/α,β-unsaturated/α-hetero) is 1. The molecule has 0 bridgehead atoms. The Hall–Kier alpha value is -3.48. The minimum atomic E-state index is -0.690. The molecule has 0 radical (unpaired) electrons. The van der Waals surface area contributed by atoms with Crippen molar-refractivity contribution in [1.29, 1.82) is 0 Å². The van der Waals surface area contributed by atoms with Gasteiger partial charge in [0.15, 0.2) is 12.4 Å². The van der Waals surface area contributed by atoms with Gasteiger partial charge in [0.25, 0.3) is 0 Å². The third kappa shape index (κ3) is 4.43. The number of aryl methyl sites for hydroxylation is 2. The molecule has 0 saturated heterocycles. The standard InChI is InChI=1S/C21H18FNO5/c1-13-18(14(2)28-23-13)11-26-20-6-4-3-5-17(20)21(25)27-12-19(24)15-7-9-16(22)10-8-15/h3-10H,11-12H2,1-2H3. The first-order valence-corrected chi connectivity index (χ1v) is 8.55. The van der Waals surface area contributed by atoms with Crippen LogP contribution in [0.2, 0.25) is 0 Å². The third-order valence-electron chi connectivity index (χ3n) is 4.16. The van der Waals surface area contributed by atoms with Gasteiger partial charge in [-0.3, -0.25) is 4.79 Å². The van der Waals surface area contributed by atoms with Gasteiger partial charge >= 0.3 is 5.97 Å². The summed E-state index contributed by atoms with van der Waals surface area (Å²) in [6.45, 7) is 3.30. The molecule has 0 saturated carbocycles. The maximum absolute atomic E-state index is 12.9. The molecule has 0 amide bonds. The van der Waals surface area contributed by atoms with Gasteiger partial charge in [-0.1, -0.05) is 17.3 Å². The largest absolute Gasteiger partial charge is 0.488 e. The van der Waals surface area contributed by atoms with E-state index in [-0.39, 0.29) is 17.7 Å². The number of benzene rings is 2. The number of hydrogen-bond donors (Lipinski definition) is 0. The number of nitrogens with zero attached hydrogens (tertiary/aromatic N) is 1. The van der Waals surface area contributed by atoms with Gasteiger partial charge in [-0.15, -0.1) is 0 Å². The van der Waals surface area contributed by atoms with Gasteiger partial charge in [0.05, 0.1) is 11.3 Å². The first kappa shape index (κ1) is 19.3. The number of carbonyl (C=O) groups is 2. The summed E-state index contributed by atoms with van der Waals surface area (Å²) >= 11 is 0. The summed E-state index contributed by atoms with van der Waals surface area (Å²) in [7, 11) is 0. The molecule has 0 aliphatic heterocycles. The highest BCUT2D eigenvalue weighted by molar-refractivity contribution is 5.99. The zero-order valence-electron chi connectivity index (χ0n) is 15.4. The number of esters is 1. The van der Waals surface area contributed by atoms with Crippen molar-refractivity contribution >= 4 is 11.8 Å². The quantitative estimate of drug-likeness (QED) is 0.452. The van der Waals surface area contributed by atoms with Crippen LogP contribution in [0.3, 0.4) is 0 Å². The van der Waals surface area contributed by atoms with Gasteiger partial charge in [0.1, 0.15) is 29.5 Å². The summed E-state index contributed by atoms with van der Waals surface area (Å²) in [6.07, 6.45) is 0. The topological polar surface area (TPSA) is 78.6 Å².